The van der Waals surface area contributed by atoms with E-state index in [9.17, 15) is 18.0 Å². The van der Waals surface area contributed by atoms with Gasteiger partial charge in [0.15, 0.2) is 0 Å². The molecule has 0 bridgehead atoms. The Labute approximate surface area is 170 Å². The molecule has 0 spiro atoms. The molecule has 0 atom stereocenters. The van der Waals surface area contributed by atoms with Crippen LogP contribution in [0, 0.1) is 6.92 Å². The van der Waals surface area contributed by atoms with E-state index in [1.165, 1.54) is 24.3 Å². The highest BCUT2D eigenvalue weighted by Gasteiger charge is 2.29. The van der Waals surface area contributed by atoms with Gasteiger partial charge in [-0.25, -0.2) is 4.79 Å². The predicted molar refractivity (Wildman–Crippen MR) is 109 cm³/mol. The van der Waals surface area contributed by atoms with Crippen molar-refractivity contribution in [2.75, 3.05) is 10.6 Å². The first-order chi connectivity index (χ1) is 13.8. The van der Waals surface area contributed by atoms with Crippen molar-refractivity contribution in [2.45, 2.75) is 17.3 Å². The minimum Gasteiger partial charge on any atom is -0.457 e. The van der Waals surface area contributed by atoms with Gasteiger partial charge in [-0.2, -0.15) is 13.2 Å². The quantitative estimate of drug-likeness (QED) is 0.437. The third-order valence-corrected chi connectivity index (χ3v) is 4.49. The van der Waals surface area contributed by atoms with Crippen LogP contribution < -0.4 is 15.4 Å². The first kappa shape index (κ1) is 20.6. The van der Waals surface area contributed by atoms with Crippen LogP contribution in [0.5, 0.6) is 11.5 Å². The Balaban J connectivity index is 1.61. The van der Waals surface area contributed by atoms with Crippen LogP contribution in [0.2, 0.25) is 0 Å². The van der Waals surface area contributed by atoms with Crippen molar-refractivity contribution in [3.8, 4) is 11.5 Å². The third kappa shape index (κ3) is 6.46. The minimum absolute atomic E-state index is 0.0885. The van der Waals surface area contributed by atoms with Gasteiger partial charge in [-0.1, -0.05) is 18.2 Å². The van der Waals surface area contributed by atoms with Crippen LogP contribution in [0.4, 0.5) is 29.3 Å². The summed E-state index contributed by atoms with van der Waals surface area (Å²) in [6, 6.07) is 19.5. The number of aryl methyl sites for hydroxylation is 1. The average Bonchev–Trinajstić information content (AvgIpc) is 2.65. The number of amides is 2. The van der Waals surface area contributed by atoms with E-state index in [0.717, 1.165) is 5.56 Å². The summed E-state index contributed by atoms with van der Waals surface area (Å²) in [5.74, 6) is 0.956. The number of nitrogens with one attached hydrogen (secondary N) is 2. The normalized spacial score (nSPS) is 11.0. The number of hydrogen-bond acceptors (Lipinski definition) is 3. The van der Waals surface area contributed by atoms with Crippen molar-refractivity contribution in [1.82, 2.24) is 0 Å². The van der Waals surface area contributed by atoms with Crippen molar-refractivity contribution in [2.24, 2.45) is 0 Å². The van der Waals surface area contributed by atoms with Gasteiger partial charge in [0.2, 0.25) is 0 Å². The third-order valence-electron chi connectivity index (χ3n) is 3.75. The lowest BCUT2D eigenvalue weighted by Crippen LogP contribution is -2.19. The number of para-hydroxylation sites is 1. The second-order valence-electron chi connectivity index (χ2n) is 6.05. The first-order valence-electron chi connectivity index (χ1n) is 8.56. The number of carbonyl (C=O) groups is 1. The van der Waals surface area contributed by atoms with Gasteiger partial charge in [0.25, 0.3) is 0 Å². The van der Waals surface area contributed by atoms with Gasteiger partial charge in [-0.3, -0.25) is 0 Å². The molecule has 29 heavy (non-hydrogen) atoms. The lowest BCUT2D eigenvalue weighted by Gasteiger charge is -2.12. The Bertz CT molecular complexity index is 977. The summed E-state index contributed by atoms with van der Waals surface area (Å²) in [5.41, 5.74) is -2.31. The maximum atomic E-state index is 12.4. The Morgan fingerprint density at radius 1 is 0.897 bits per heavy atom. The highest BCUT2D eigenvalue weighted by Crippen LogP contribution is 2.37. The van der Waals surface area contributed by atoms with E-state index in [-0.39, 0.29) is 22.7 Å². The number of anilines is 2. The van der Waals surface area contributed by atoms with Gasteiger partial charge in [-0.15, -0.1) is 0 Å². The average molecular weight is 418 g/mol. The molecule has 0 aliphatic rings. The second-order valence-corrected chi connectivity index (χ2v) is 7.19. The molecule has 0 unspecified atom stereocenters. The van der Waals surface area contributed by atoms with E-state index in [4.69, 9.17) is 4.74 Å². The highest BCUT2D eigenvalue weighted by atomic mass is 32.2. The van der Waals surface area contributed by atoms with Crippen LogP contribution in [0.15, 0.2) is 77.7 Å². The topological polar surface area (TPSA) is 50.4 Å². The molecule has 3 aromatic rings. The summed E-state index contributed by atoms with van der Waals surface area (Å²) in [7, 11) is 0. The molecule has 3 rings (SSSR count). The van der Waals surface area contributed by atoms with Crippen molar-refractivity contribution < 1.29 is 22.7 Å². The Morgan fingerprint density at radius 3 is 2.17 bits per heavy atom. The van der Waals surface area contributed by atoms with Crippen LogP contribution in [0.3, 0.4) is 0 Å². The monoisotopic (exact) mass is 418 g/mol. The maximum absolute atomic E-state index is 12.4. The summed E-state index contributed by atoms with van der Waals surface area (Å²) in [5, 5.41) is 5.46. The Morgan fingerprint density at radius 2 is 1.55 bits per heavy atom. The number of rotatable bonds is 5. The lowest BCUT2D eigenvalue weighted by atomic mass is 10.2. The zero-order valence-corrected chi connectivity index (χ0v) is 16.1. The first-order valence-corrected chi connectivity index (χ1v) is 9.37. The largest absolute Gasteiger partial charge is 0.457 e. The summed E-state index contributed by atoms with van der Waals surface area (Å²) in [6.07, 6.45) is 0. The number of alkyl halides is 3. The molecule has 0 heterocycles. The summed E-state index contributed by atoms with van der Waals surface area (Å²) < 4.78 is 42.9. The molecular formula is C21H17F3N2O2S. The van der Waals surface area contributed by atoms with E-state index in [1.807, 2.05) is 25.1 Å². The van der Waals surface area contributed by atoms with Crippen LogP contribution >= 0.6 is 11.8 Å². The Kier molecular flexibility index (Phi) is 6.33. The number of carbonyl (C=O) groups excluding carboxylic acids is 1. The fourth-order valence-electron chi connectivity index (χ4n) is 2.49. The fraction of sp³-hybridized carbons (Fsp3) is 0.0952. The fourth-order valence-corrected chi connectivity index (χ4v) is 3.03. The van der Waals surface area contributed by atoms with E-state index >= 15 is 0 Å². The van der Waals surface area contributed by atoms with Gasteiger partial charge in [0, 0.05) is 16.3 Å². The number of benzene rings is 3. The molecule has 150 valence electrons. The molecule has 4 nitrogen and oxygen atoms in total. The number of halogens is 3. The zero-order valence-electron chi connectivity index (χ0n) is 15.3. The molecule has 0 saturated carbocycles. The van der Waals surface area contributed by atoms with Crippen molar-refractivity contribution in [1.29, 1.82) is 0 Å². The van der Waals surface area contributed by atoms with E-state index in [1.54, 1.807) is 30.3 Å². The molecule has 0 aliphatic heterocycles. The molecule has 0 radical (unpaired) electrons. The molecular weight excluding hydrogens is 401 g/mol. The van der Waals surface area contributed by atoms with Crippen LogP contribution in [-0.4, -0.2) is 11.5 Å². The van der Waals surface area contributed by atoms with Gasteiger partial charge in [0.1, 0.15) is 11.5 Å². The van der Waals surface area contributed by atoms with E-state index in [0.29, 0.717) is 22.9 Å². The van der Waals surface area contributed by atoms with Gasteiger partial charge in [-0.05, 0) is 78.8 Å². The van der Waals surface area contributed by atoms with Gasteiger partial charge < -0.3 is 15.4 Å². The summed E-state index contributed by atoms with van der Waals surface area (Å²) in [4.78, 5) is 12.2. The van der Waals surface area contributed by atoms with Crippen molar-refractivity contribution in [3.05, 3.63) is 78.4 Å². The summed E-state index contributed by atoms with van der Waals surface area (Å²) in [6.45, 7) is 1.81. The Hall–Kier alpha value is -3.13. The minimum atomic E-state index is -4.32. The standard InChI is InChI=1S/C21H17F3N2O2S/c1-14-13-16(26-20(27)25-15-5-3-2-4-6-15)7-12-19(14)28-17-8-10-18(11-9-17)29-21(22,23)24/h2-13H,1H3,(H2,25,26,27). The van der Waals surface area contributed by atoms with Gasteiger partial charge >= 0.3 is 11.5 Å². The van der Waals surface area contributed by atoms with Crippen molar-refractivity contribution in [3.63, 3.8) is 0 Å². The maximum Gasteiger partial charge on any atom is 0.446 e. The number of ether oxygens (including phenoxy) is 1. The highest BCUT2D eigenvalue weighted by molar-refractivity contribution is 8.00. The van der Waals surface area contributed by atoms with Gasteiger partial charge in [0.05, 0.1) is 0 Å². The zero-order chi connectivity index (χ0) is 20.9. The molecule has 2 N–H and O–H groups in total. The SMILES string of the molecule is Cc1cc(NC(=O)Nc2ccccc2)ccc1Oc1ccc(SC(F)(F)F)cc1. The van der Waals surface area contributed by atoms with Crippen LogP contribution in [0.25, 0.3) is 0 Å². The molecule has 0 aliphatic carbocycles. The number of thioether (sulfide) groups is 1. The molecule has 3 aromatic carbocycles. The van der Waals surface area contributed by atoms with Crippen LogP contribution in [-0.2, 0) is 0 Å². The van der Waals surface area contributed by atoms with E-state index < -0.39 is 5.51 Å². The van der Waals surface area contributed by atoms with E-state index in [2.05, 4.69) is 10.6 Å². The van der Waals surface area contributed by atoms with Crippen LogP contribution in [0.1, 0.15) is 5.56 Å². The molecule has 0 fully saturated rings. The number of urea groups is 1. The second kappa shape index (κ2) is 8.91. The molecule has 8 heteroatoms. The predicted octanol–water partition coefficient (Wildman–Crippen LogP) is 7.04. The van der Waals surface area contributed by atoms with Crippen molar-refractivity contribution >= 4 is 29.2 Å². The molecule has 0 aromatic heterocycles. The molecule has 0 saturated heterocycles. The number of hydrogen-bond donors (Lipinski definition) is 2. The summed E-state index contributed by atoms with van der Waals surface area (Å²) >= 11 is -0.175. The lowest BCUT2D eigenvalue weighted by molar-refractivity contribution is -0.0328. The molecule has 2 amide bonds. The smallest absolute Gasteiger partial charge is 0.446 e.